The fraction of sp³-hybridized carbons (Fsp3) is 0.417. The van der Waals surface area contributed by atoms with E-state index in [2.05, 4.69) is 41.5 Å². The number of oxazole rings is 1. The van der Waals surface area contributed by atoms with Gasteiger partial charge in [-0.1, -0.05) is 6.92 Å². The molecular formula is C12H16BrN5O. The van der Waals surface area contributed by atoms with Crippen molar-refractivity contribution in [3.8, 4) is 0 Å². The van der Waals surface area contributed by atoms with E-state index >= 15 is 0 Å². The Kier molecular flexibility index (Phi) is 4.73. The Balaban J connectivity index is 2.04. The lowest BCUT2D eigenvalue weighted by Crippen LogP contribution is -2.06. The predicted molar refractivity (Wildman–Crippen MR) is 77.1 cm³/mol. The number of halogens is 1. The molecule has 2 aromatic rings. The zero-order valence-corrected chi connectivity index (χ0v) is 12.5. The van der Waals surface area contributed by atoms with Gasteiger partial charge in [-0.3, -0.25) is 0 Å². The summed E-state index contributed by atoms with van der Waals surface area (Å²) in [6.07, 6.45) is 4.10. The number of aromatic nitrogens is 3. The molecule has 0 bridgehead atoms. The van der Waals surface area contributed by atoms with Gasteiger partial charge in [0.1, 0.15) is 28.2 Å². The average molecular weight is 326 g/mol. The van der Waals surface area contributed by atoms with Crippen LogP contribution in [0.3, 0.4) is 0 Å². The standard InChI is InChI=1S/C12H16BrN5O/c1-3-8-5-15-9(19-8)6-16-12-10(13)11(14-4-2)17-7-18-12/h5,7H,3-4,6H2,1-2H3,(H2,14,16,17,18). The number of rotatable bonds is 6. The SMILES string of the molecule is CCNc1ncnc(NCc2ncc(CC)o2)c1Br. The zero-order chi connectivity index (χ0) is 13.7. The number of aryl methyl sites for hydroxylation is 1. The van der Waals surface area contributed by atoms with E-state index in [1.165, 1.54) is 6.33 Å². The van der Waals surface area contributed by atoms with Crippen molar-refractivity contribution in [3.05, 3.63) is 28.6 Å². The minimum absolute atomic E-state index is 0.487. The van der Waals surface area contributed by atoms with Crippen LogP contribution in [-0.2, 0) is 13.0 Å². The second kappa shape index (κ2) is 6.51. The van der Waals surface area contributed by atoms with Crippen molar-refractivity contribution in [2.75, 3.05) is 17.2 Å². The van der Waals surface area contributed by atoms with E-state index in [1.54, 1.807) is 6.20 Å². The molecule has 0 radical (unpaired) electrons. The Hall–Kier alpha value is -1.63. The van der Waals surface area contributed by atoms with Gasteiger partial charge >= 0.3 is 0 Å². The van der Waals surface area contributed by atoms with Gasteiger partial charge in [0.05, 0.1) is 12.7 Å². The molecule has 0 saturated heterocycles. The molecule has 0 unspecified atom stereocenters. The third-order valence-electron chi connectivity index (χ3n) is 2.49. The molecule has 2 rings (SSSR count). The van der Waals surface area contributed by atoms with Crippen LogP contribution in [0.15, 0.2) is 21.4 Å². The Morgan fingerprint density at radius 2 is 1.89 bits per heavy atom. The summed E-state index contributed by atoms with van der Waals surface area (Å²) in [6.45, 7) is 5.33. The van der Waals surface area contributed by atoms with Crippen LogP contribution in [-0.4, -0.2) is 21.5 Å². The minimum Gasteiger partial charge on any atom is -0.444 e. The maximum atomic E-state index is 5.52. The van der Waals surface area contributed by atoms with Crippen molar-refractivity contribution in [2.45, 2.75) is 26.8 Å². The molecule has 0 aromatic carbocycles. The largest absolute Gasteiger partial charge is 0.444 e. The van der Waals surface area contributed by atoms with Crippen molar-refractivity contribution in [2.24, 2.45) is 0 Å². The van der Waals surface area contributed by atoms with Gasteiger partial charge in [0, 0.05) is 13.0 Å². The molecule has 7 heteroatoms. The smallest absolute Gasteiger partial charge is 0.213 e. The monoisotopic (exact) mass is 325 g/mol. The highest BCUT2D eigenvalue weighted by Crippen LogP contribution is 2.26. The van der Waals surface area contributed by atoms with Crippen LogP contribution < -0.4 is 10.6 Å². The lowest BCUT2D eigenvalue weighted by Gasteiger charge is -2.09. The number of nitrogens with one attached hydrogen (secondary N) is 2. The quantitative estimate of drug-likeness (QED) is 0.850. The Morgan fingerprint density at radius 3 is 2.53 bits per heavy atom. The summed E-state index contributed by atoms with van der Waals surface area (Å²) >= 11 is 3.47. The topological polar surface area (TPSA) is 75.9 Å². The summed E-state index contributed by atoms with van der Waals surface area (Å²) < 4.78 is 6.33. The fourth-order valence-electron chi connectivity index (χ4n) is 1.54. The summed E-state index contributed by atoms with van der Waals surface area (Å²) in [6, 6.07) is 0. The summed E-state index contributed by atoms with van der Waals surface area (Å²) in [5.74, 6) is 3.00. The first-order valence-electron chi connectivity index (χ1n) is 6.16. The molecule has 102 valence electrons. The molecule has 6 nitrogen and oxygen atoms in total. The normalized spacial score (nSPS) is 10.5. The van der Waals surface area contributed by atoms with E-state index in [0.29, 0.717) is 18.3 Å². The average Bonchev–Trinajstić information content (AvgIpc) is 2.88. The Morgan fingerprint density at radius 1 is 1.16 bits per heavy atom. The van der Waals surface area contributed by atoms with Gasteiger partial charge in [-0.25, -0.2) is 15.0 Å². The number of anilines is 2. The molecule has 0 spiro atoms. The van der Waals surface area contributed by atoms with Gasteiger partial charge in [-0.15, -0.1) is 0 Å². The first-order chi connectivity index (χ1) is 9.24. The highest BCUT2D eigenvalue weighted by molar-refractivity contribution is 9.10. The van der Waals surface area contributed by atoms with E-state index < -0.39 is 0 Å². The van der Waals surface area contributed by atoms with Gasteiger partial charge in [-0.2, -0.15) is 0 Å². The molecule has 2 aromatic heterocycles. The van der Waals surface area contributed by atoms with Crippen LogP contribution in [0.5, 0.6) is 0 Å². The van der Waals surface area contributed by atoms with Crippen molar-refractivity contribution in [1.29, 1.82) is 0 Å². The maximum Gasteiger partial charge on any atom is 0.213 e. The molecule has 0 aliphatic carbocycles. The number of hydrogen-bond acceptors (Lipinski definition) is 6. The molecule has 19 heavy (non-hydrogen) atoms. The van der Waals surface area contributed by atoms with Crippen molar-refractivity contribution in [3.63, 3.8) is 0 Å². The summed E-state index contributed by atoms with van der Waals surface area (Å²) in [7, 11) is 0. The first kappa shape index (κ1) is 13.8. The summed E-state index contributed by atoms with van der Waals surface area (Å²) in [4.78, 5) is 12.5. The number of nitrogens with zero attached hydrogens (tertiary/aromatic N) is 3. The Labute approximate surface area is 120 Å². The van der Waals surface area contributed by atoms with E-state index in [0.717, 1.165) is 29.0 Å². The van der Waals surface area contributed by atoms with Gasteiger partial charge in [0.15, 0.2) is 0 Å². The van der Waals surface area contributed by atoms with E-state index in [1.807, 2.05) is 13.8 Å². The van der Waals surface area contributed by atoms with Gasteiger partial charge < -0.3 is 15.1 Å². The van der Waals surface area contributed by atoms with E-state index in [-0.39, 0.29) is 0 Å². The van der Waals surface area contributed by atoms with Crippen molar-refractivity contribution in [1.82, 2.24) is 15.0 Å². The van der Waals surface area contributed by atoms with Crippen LogP contribution in [0.25, 0.3) is 0 Å². The fourth-order valence-corrected chi connectivity index (χ4v) is 2.02. The highest BCUT2D eigenvalue weighted by atomic mass is 79.9. The lowest BCUT2D eigenvalue weighted by molar-refractivity contribution is 0.465. The lowest BCUT2D eigenvalue weighted by atomic mass is 10.4. The second-order valence-corrected chi connectivity index (χ2v) is 4.64. The highest BCUT2D eigenvalue weighted by Gasteiger charge is 2.09. The molecule has 0 amide bonds. The van der Waals surface area contributed by atoms with Gasteiger partial charge in [-0.05, 0) is 22.9 Å². The first-order valence-corrected chi connectivity index (χ1v) is 6.95. The third-order valence-corrected chi connectivity index (χ3v) is 3.24. The molecule has 0 aliphatic rings. The van der Waals surface area contributed by atoms with Crippen LogP contribution in [0.2, 0.25) is 0 Å². The molecule has 0 atom stereocenters. The van der Waals surface area contributed by atoms with Crippen molar-refractivity contribution >= 4 is 27.6 Å². The van der Waals surface area contributed by atoms with Gasteiger partial charge in [0.25, 0.3) is 0 Å². The molecule has 0 aliphatic heterocycles. The minimum atomic E-state index is 0.487. The Bertz CT molecular complexity index is 543. The maximum absolute atomic E-state index is 5.52. The van der Waals surface area contributed by atoms with Crippen LogP contribution in [0.4, 0.5) is 11.6 Å². The zero-order valence-electron chi connectivity index (χ0n) is 10.9. The van der Waals surface area contributed by atoms with Crippen LogP contribution in [0.1, 0.15) is 25.5 Å². The summed E-state index contributed by atoms with van der Waals surface area (Å²) in [5.41, 5.74) is 0. The second-order valence-electron chi connectivity index (χ2n) is 3.84. The predicted octanol–water partition coefficient (Wildman–Crippen LogP) is 2.83. The molecule has 2 heterocycles. The van der Waals surface area contributed by atoms with Crippen molar-refractivity contribution < 1.29 is 4.42 Å². The van der Waals surface area contributed by atoms with Crippen LogP contribution >= 0.6 is 15.9 Å². The van der Waals surface area contributed by atoms with Gasteiger partial charge in [0.2, 0.25) is 5.89 Å². The van der Waals surface area contributed by atoms with E-state index in [9.17, 15) is 0 Å². The molecular weight excluding hydrogens is 310 g/mol. The molecule has 0 fully saturated rings. The number of hydrogen-bond donors (Lipinski definition) is 2. The molecule has 2 N–H and O–H groups in total. The van der Waals surface area contributed by atoms with E-state index in [4.69, 9.17) is 4.42 Å². The van der Waals surface area contributed by atoms with Crippen LogP contribution in [0, 0.1) is 0 Å². The summed E-state index contributed by atoms with van der Waals surface area (Å²) in [5, 5.41) is 6.32. The molecule has 0 saturated carbocycles. The third kappa shape index (κ3) is 3.44.